The third-order valence-electron chi connectivity index (χ3n) is 4.44. The Bertz CT molecular complexity index is 1140. The molecule has 0 saturated heterocycles. The average Bonchev–Trinajstić information content (AvgIpc) is 3.04. The number of esters is 1. The molecule has 0 spiro atoms. The Hall–Kier alpha value is -3.93. The van der Waals surface area contributed by atoms with Crippen LogP contribution in [0.3, 0.4) is 0 Å². The van der Waals surface area contributed by atoms with E-state index in [9.17, 15) is 9.59 Å². The van der Waals surface area contributed by atoms with Crippen molar-refractivity contribution >= 4 is 17.8 Å². The molecule has 6 nitrogen and oxygen atoms in total. The molecule has 29 heavy (non-hydrogen) atoms. The molecule has 144 valence electrons. The average molecular weight is 387 g/mol. The summed E-state index contributed by atoms with van der Waals surface area (Å²) in [5, 5.41) is 0. The Morgan fingerprint density at radius 2 is 1.97 bits per heavy atom. The molecular weight excluding hydrogens is 370 g/mol. The number of allylic oxidation sites excluding steroid dienone is 1. The lowest BCUT2D eigenvalue weighted by atomic mass is 10.0. The Balaban J connectivity index is 1.61. The number of carbonyl (C=O) groups is 2. The minimum Gasteiger partial charge on any atom is -0.497 e. The molecule has 6 heteroatoms. The molecular formula is C23H17NO5. The topological polar surface area (TPSA) is 74.7 Å². The van der Waals surface area contributed by atoms with Crippen LogP contribution in [0.15, 0.2) is 66.7 Å². The first kappa shape index (κ1) is 18.4. The fourth-order valence-corrected chi connectivity index (χ4v) is 3.07. The fourth-order valence-electron chi connectivity index (χ4n) is 3.07. The molecule has 4 rings (SSSR count). The molecule has 0 N–H and O–H groups in total. The molecule has 0 radical (unpaired) electrons. The molecule has 0 saturated carbocycles. The monoisotopic (exact) mass is 387 g/mol. The van der Waals surface area contributed by atoms with Crippen molar-refractivity contribution in [1.82, 2.24) is 4.98 Å². The highest BCUT2D eigenvalue weighted by Gasteiger charge is 2.30. The van der Waals surface area contributed by atoms with Crippen molar-refractivity contribution in [3.8, 4) is 17.2 Å². The van der Waals surface area contributed by atoms with Gasteiger partial charge in [0.1, 0.15) is 17.2 Å². The van der Waals surface area contributed by atoms with Crippen LogP contribution in [0.25, 0.3) is 6.08 Å². The molecule has 2 heterocycles. The predicted molar refractivity (Wildman–Crippen MR) is 106 cm³/mol. The number of carbonyl (C=O) groups excluding carboxylic acids is 2. The summed E-state index contributed by atoms with van der Waals surface area (Å²) < 4.78 is 16.4. The van der Waals surface area contributed by atoms with Gasteiger partial charge in [-0.05, 0) is 54.5 Å². The molecule has 0 amide bonds. The van der Waals surface area contributed by atoms with Crippen LogP contribution in [-0.4, -0.2) is 23.8 Å². The van der Waals surface area contributed by atoms with E-state index in [1.165, 1.54) is 6.20 Å². The minimum atomic E-state index is -0.533. The summed E-state index contributed by atoms with van der Waals surface area (Å²) in [5.41, 5.74) is 2.23. The number of hydrogen-bond donors (Lipinski definition) is 0. The Morgan fingerprint density at radius 3 is 2.72 bits per heavy atom. The maximum atomic E-state index is 12.8. The quantitative estimate of drug-likeness (QED) is 0.379. The van der Waals surface area contributed by atoms with Gasteiger partial charge in [-0.3, -0.25) is 9.78 Å². The van der Waals surface area contributed by atoms with Crippen LogP contribution in [0.1, 0.15) is 31.8 Å². The van der Waals surface area contributed by atoms with E-state index in [1.54, 1.807) is 56.6 Å². The summed E-state index contributed by atoms with van der Waals surface area (Å²) in [6.45, 7) is 1.77. The van der Waals surface area contributed by atoms with Crippen LogP contribution < -0.4 is 14.2 Å². The number of methoxy groups -OCH3 is 1. The normalized spacial score (nSPS) is 13.7. The molecule has 0 atom stereocenters. The highest BCUT2D eigenvalue weighted by Crippen LogP contribution is 2.37. The van der Waals surface area contributed by atoms with Crippen molar-refractivity contribution in [1.29, 1.82) is 0 Å². The van der Waals surface area contributed by atoms with E-state index in [2.05, 4.69) is 4.98 Å². The van der Waals surface area contributed by atoms with Crippen LogP contribution >= 0.6 is 0 Å². The van der Waals surface area contributed by atoms with Gasteiger partial charge in [-0.1, -0.05) is 12.1 Å². The number of aromatic nitrogens is 1. The van der Waals surface area contributed by atoms with Crippen LogP contribution in [0.4, 0.5) is 0 Å². The van der Waals surface area contributed by atoms with E-state index in [4.69, 9.17) is 14.2 Å². The second-order valence-electron chi connectivity index (χ2n) is 6.46. The predicted octanol–water partition coefficient (Wildman–Crippen LogP) is 4.23. The summed E-state index contributed by atoms with van der Waals surface area (Å²) in [7, 11) is 1.58. The first-order valence-corrected chi connectivity index (χ1v) is 8.90. The van der Waals surface area contributed by atoms with Crippen molar-refractivity contribution in [2.45, 2.75) is 6.92 Å². The summed E-state index contributed by atoms with van der Waals surface area (Å²) in [5.74, 6) is 0.790. The van der Waals surface area contributed by atoms with Crippen LogP contribution in [0.2, 0.25) is 0 Å². The lowest BCUT2D eigenvalue weighted by Gasteiger charge is -2.07. The number of Topliss-reactive ketones (excluding diaryl/α,β-unsaturated/α-hetero) is 1. The van der Waals surface area contributed by atoms with Gasteiger partial charge in [0.05, 0.1) is 18.2 Å². The van der Waals surface area contributed by atoms with E-state index >= 15 is 0 Å². The van der Waals surface area contributed by atoms with E-state index in [0.717, 1.165) is 5.56 Å². The summed E-state index contributed by atoms with van der Waals surface area (Å²) in [6, 6.07) is 13.8. The summed E-state index contributed by atoms with van der Waals surface area (Å²) >= 11 is 0. The van der Waals surface area contributed by atoms with Crippen molar-refractivity contribution in [3.05, 3.63) is 88.9 Å². The number of fused-ring (bicyclic) bond motifs is 1. The number of ketones is 1. The second-order valence-corrected chi connectivity index (χ2v) is 6.46. The highest BCUT2D eigenvalue weighted by molar-refractivity contribution is 6.15. The molecule has 1 aliphatic heterocycles. The zero-order valence-corrected chi connectivity index (χ0v) is 15.8. The first-order chi connectivity index (χ1) is 14.0. The van der Waals surface area contributed by atoms with Gasteiger partial charge in [0.2, 0.25) is 5.78 Å². The lowest BCUT2D eigenvalue weighted by molar-refractivity contribution is 0.0734. The van der Waals surface area contributed by atoms with Crippen molar-refractivity contribution in [2.24, 2.45) is 0 Å². The van der Waals surface area contributed by atoms with Gasteiger partial charge in [0, 0.05) is 18.5 Å². The minimum absolute atomic E-state index is 0.201. The maximum absolute atomic E-state index is 12.8. The number of benzene rings is 2. The summed E-state index contributed by atoms with van der Waals surface area (Å²) in [6.07, 6.45) is 4.66. The van der Waals surface area contributed by atoms with Gasteiger partial charge in [-0.25, -0.2) is 4.79 Å². The Labute approximate surface area is 167 Å². The van der Waals surface area contributed by atoms with Crippen LogP contribution in [0, 0.1) is 6.92 Å². The number of ether oxygens (including phenoxy) is 3. The number of aryl methyl sites for hydroxylation is 1. The Kier molecular flexibility index (Phi) is 4.83. The van der Waals surface area contributed by atoms with Crippen LogP contribution in [0.5, 0.6) is 17.2 Å². The second kappa shape index (κ2) is 7.59. The molecule has 3 aromatic rings. The number of hydrogen-bond acceptors (Lipinski definition) is 6. The highest BCUT2D eigenvalue weighted by atomic mass is 16.5. The van der Waals surface area contributed by atoms with Gasteiger partial charge < -0.3 is 14.2 Å². The molecule has 0 aliphatic carbocycles. The molecule has 0 fully saturated rings. The van der Waals surface area contributed by atoms with Crippen molar-refractivity contribution < 1.29 is 23.8 Å². The molecule has 2 aromatic carbocycles. The van der Waals surface area contributed by atoms with E-state index in [-0.39, 0.29) is 11.5 Å². The van der Waals surface area contributed by atoms with Gasteiger partial charge in [-0.15, -0.1) is 0 Å². The maximum Gasteiger partial charge on any atom is 0.345 e. The van der Waals surface area contributed by atoms with Gasteiger partial charge >= 0.3 is 5.97 Å². The molecule has 0 unspecified atom stereocenters. The van der Waals surface area contributed by atoms with Crippen molar-refractivity contribution in [3.63, 3.8) is 0 Å². The van der Waals surface area contributed by atoms with Gasteiger partial charge in [0.25, 0.3) is 0 Å². The summed E-state index contributed by atoms with van der Waals surface area (Å²) in [4.78, 5) is 29.0. The zero-order valence-electron chi connectivity index (χ0n) is 15.8. The van der Waals surface area contributed by atoms with Crippen LogP contribution in [-0.2, 0) is 0 Å². The van der Waals surface area contributed by atoms with E-state index in [0.29, 0.717) is 33.9 Å². The van der Waals surface area contributed by atoms with E-state index in [1.807, 2.05) is 18.2 Å². The van der Waals surface area contributed by atoms with E-state index < -0.39 is 5.97 Å². The number of nitrogens with zero attached hydrogens (tertiary/aromatic N) is 1. The van der Waals surface area contributed by atoms with Gasteiger partial charge in [0.15, 0.2) is 5.76 Å². The number of rotatable bonds is 4. The number of pyridine rings is 1. The third-order valence-corrected chi connectivity index (χ3v) is 4.44. The SMILES string of the molecule is COc1cccc(/C=C2\Oc3cc(OC(=O)c4cccnc4)cc(C)c3C2=O)c1. The molecule has 1 aliphatic rings. The molecule has 0 bridgehead atoms. The first-order valence-electron chi connectivity index (χ1n) is 8.90. The lowest BCUT2D eigenvalue weighted by Crippen LogP contribution is -2.09. The molecule has 1 aromatic heterocycles. The smallest absolute Gasteiger partial charge is 0.345 e. The van der Waals surface area contributed by atoms with Crippen molar-refractivity contribution in [2.75, 3.05) is 7.11 Å². The van der Waals surface area contributed by atoms with Gasteiger partial charge in [-0.2, -0.15) is 0 Å². The Morgan fingerprint density at radius 1 is 1.10 bits per heavy atom. The third kappa shape index (κ3) is 3.73. The fraction of sp³-hybridized carbons (Fsp3) is 0.0870. The zero-order chi connectivity index (χ0) is 20.4. The standard InChI is InChI=1S/C23H17NO5/c1-14-9-18(28-23(26)16-6-4-8-24-13-16)12-19-21(14)22(25)20(29-19)11-15-5-3-7-17(10-15)27-2/h3-13H,1-2H3/b20-11-. The largest absolute Gasteiger partial charge is 0.497 e.